The molecule has 0 bridgehead atoms. The van der Waals surface area contributed by atoms with Crippen molar-refractivity contribution < 1.29 is 14.3 Å². The summed E-state index contributed by atoms with van der Waals surface area (Å²) in [5.41, 5.74) is 3.96. The third-order valence-electron chi connectivity index (χ3n) is 6.07. The third-order valence-corrected chi connectivity index (χ3v) is 7.57. The molecule has 0 fully saturated rings. The van der Waals surface area contributed by atoms with Crippen LogP contribution >= 0.6 is 34.5 Å². The van der Waals surface area contributed by atoms with Crippen molar-refractivity contribution in [2.45, 2.75) is 19.4 Å². The lowest BCUT2D eigenvalue weighted by atomic mass is 10.0. The van der Waals surface area contributed by atoms with E-state index >= 15 is 0 Å². The summed E-state index contributed by atoms with van der Waals surface area (Å²) in [6, 6.07) is 13.1. The molecule has 43 heavy (non-hydrogen) atoms. The Bertz CT molecular complexity index is 1780. The van der Waals surface area contributed by atoms with E-state index in [4.69, 9.17) is 27.9 Å². The van der Waals surface area contributed by atoms with Crippen molar-refractivity contribution in [2.75, 3.05) is 7.05 Å². The molecule has 218 valence electrons. The number of carbonyl (C=O) groups is 2. The average molecular weight is 637 g/mol. The number of thiazole rings is 1. The molecule has 0 saturated heterocycles. The fourth-order valence-electron chi connectivity index (χ4n) is 4.05. The zero-order valence-corrected chi connectivity index (χ0v) is 25.1. The molecule has 12 nitrogen and oxygen atoms in total. The second kappa shape index (κ2) is 13.5. The van der Waals surface area contributed by atoms with Gasteiger partial charge in [-0.15, -0.1) is 21.5 Å². The Morgan fingerprint density at radius 3 is 2.63 bits per heavy atom. The number of ether oxygens (including phenoxy) is 1. The van der Waals surface area contributed by atoms with E-state index in [0.717, 1.165) is 16.3 Å². The first-order chi connectivity index (χ1) is 20.8. The molecular formula is C28H23Cl2N9O3S. The van der Waals surface area contributed by atoms with Crippen LogP contribution in [0.25, 0.3) is 22.9 Å². The highest BCUT2D eigenvalue weighted by molar-refractivity contribution is 7.09. The average Bonchev–Trinajstić information content (AvgIpc) is 3.68. The standard InChI is InChI=1S/C28H23Cl2N9O3S/c1-16-14-43-26(33-16)13-22(34-25(40)10-5-18-11-19(29)6-9-24(18)39-15-32-37-38-39)23-12-21(27(30)36-35-23)17-3-7-20(8-4-17)42-28(41)31-2/h3-12,14-15,22H,13H2,1-2H3,(H,31,41)(H,34,40)/b10-5+. The predicted octanol–water partition coefficient (Wildman–Crippen LogP) is 5.02. The van der Waals surface area contributed by atoms with Crippen LogP contribution in [0.3, 0.4) is 0 Å². The number of aryl methyl sites for hydroxylation is 1. The first-order valence-electron chi connectivity index (χ1n) is 12.7. The van der Waals surface area contributed by atoms with Gasteiger partial charge in [0.2, 0.25) is 5.91 Å². The summed E-state index contributed by atoms with van der Waals surface area (Å²) in [6.07, 6.45) is 4.27. The summed E-state index contributed by atoms with van der Waals surface area (Å²) in [5.74, 6) is -0.0182. The van der Waals surface area contributed by atoms with Gasteiger partial charge in [-0.25, -0.2) is 9.78 Å². The molecule has 3 heterocycles. The molecule has 2 amide bonds. The SMILES string of the molecule is CNC(=O)Oc1ccc(-c2cc(C(Cc3nc(C)cs3)NC(=O)/C=C/c3cc(Cl)ccc3-n3cnnn3)nnc2Cl)cc1. The van der Waals surface area contributed by atoms with Crippen LogP contribution in [-0.2, 0) is 11.2 Å². The van der Waals surface area contributed by atoms with Crippen LogP contribution < -0.4 is 15.4 Å². The van der Waals surface area contributed by atoms with Gasteiger partial charge in [0.05, 0.1) is 22.4 Å². The Morgan fingerprint density at radius 2 is 1.93 bits per heavy atom. The van der Waals surface area contributed by atoms with E-state index in [1.165, 1.54) is 35.5 Å². The molecule has 5 rings (SSSR count). The minimum absolute atomic E-state index is 0.176. The Balaban J connectivity index is 1.42. The van der Waals surface area contributed by atoms with Crippen molar-refractivity contribution in [3.63, 3.8) is 0 Å². The van der Waals surface area contributed by atoms with Gasteiger partial charge < -0.3 is 15.4 Å². The fourth-order valence-corrected chi connectivity index (χ4v) is 5.25. The van der Waals surface area contributed by atoms with Gasteiger partial charge in [0.15, 0.2) is 5.15 Å². The summed E-state index contributed by atoms with van der Waals surface area (Å²) in [4.78, 5) is 29.3. The number of carbonyl (C=O) groups excluding carboxylic acids is 2. The van der Waals surface area contributed by atoms with E-state index in [1.807, 2.05) is 12.3 Å². The molecule has 15 heteroatoms. The molecule has 1 atom stereocenters. The molecule has 0 saturated carbocycles. The molecule has 3 aromatic heterocycles. The first-order valence-corrected chi connectivity index (χ1v) is 14.4. The van der Waals surface area contributed by atoms with Crippen LogP contribution in [0.4, 0.5) is 4.79 Å². The zero-order chi connectivity index (χ0) is 30.3. The molecule has 2 aromatic carbocycles. The molecular weight excluding hydrogens is 613 g/mol. The van der Waals surface area contributed by atoms with Gasteiger partial charge in [-0.2, -0.15) is 9.78 Å². The Labute approximate surface area is 259 Å². The highest BCUT2D eigenvalue weighted by atomic mass is 35.5. The largest absolute Gasteiger partial charge is 0.412 e. The van der Waals surface area contributed by atoms with Crippen LogP contribution in [0.5, 0.6) is 5.75 Å². The number of aromatic nitrogens is 7. The van der Waals surface area contributed by atoms with Crippen molar-refractivity contribution in [3.05, 3.63) is 98.4 Å². The van der Waals surface area contributed by atoms with Crippen LogP contribution in [0, 0.1) is 6.92 Å². The minimum Gasteiger partial charge on any atom is -0.410 e. The van der Waals surface area contributed by atoms with E-state index in [0.29, 0.717) is 39.7 Å². The van der Waals surface area contributed by atoms with E-state index < -0.39 is 12.1 Å². The molecule has 1 unspecified atom stereocenters. The summed E-state index contributed by atoms with van der Waals surface area (Å²) in [7, 11) is 1.48. The van der Waals surface area contributed by atoms with Crippen molar-refractivity contribution in [1.29, 1.82) is 0 Å². The molecule has 0 radical (unpaired) electrons. The molecule has 0 aliphatic rings. The lowest BCUT2D eigenvalue weighted by Crippen LogP contribution is -2.29. The van der Waals surface area contributed by atoms with Gasteiger partial charge in [-0.05, 0) is 65.4 Å². The second-order valence-corrected chi connectivity index (χ2v) is 10.8. The number of benzene rings is 2. The van der Waals surface area contributed by atoms with Crippen LogP contribution in [0.2, 0.25) is 10.2 Å². The molecule has 0 aliphatic carbocycles. The van der Waals surface area contributed by atoms with Gasteiger partial charge in [0.1, 0.15) is 12.1 Å². The highest BCUT2D eigenvalue weighted by Crippen LogP contribution is 2.30. The second-order valence-electron chi connectivity index (χ2n) is 9.08. The third kappa shape index (κ3) is 7.57. The van der Waals surface area contributed by atoms with E-state index in [1.54, 1.807) is 54.6 Å². The van der Waals surface area contributed by atoms with Gasteiger partial charge >= 0.3 is 6.09 Å². The number of nitrogens with zero attached hydrogens (tertiary/aromatic N) is 7. The van der Waals surface area contributed by atoms with Gasteiger partial charge in [0.25, 0.3) is 0 Å². The normalized spacial score (nSPS) is 11.8. The topological polar surface area (TPSA) is 150 Å². The Morgan fingerprint density at radius 1 is 1.12 bits per heavy atom. The van der Waals surface area contributed by atoms with Crippen molar-refractivity contribution >= 4 is 52.6 Å². The van der Waals surface area contributed by atoms with Crippen LogP contribution in [-0.4, -0.2) is 54.4 Å². The number of rotatable bonds is 9. The van der Waals surface area contributed by atoms with Crippen LogP contribution in [0.1, 0.15) is 28.0 Å². The van der Waals surface area contributed by atoms with Gasteiger partial charge in [0, 0.05) is 46.8 Å². The Kier molecular flexibility index (Phi) is 9.35. The van der Waals surface area contributed by atoms with Crippen molar-refractivity contribution in [1.82, 2.24) is 46.0 Å². The van der Waals surface area contributed by atoms with Crippen molar-refractivity contribution in [3.8, 4) is 22.6 Å². The maximum Gasteiger partial charge on any atom is 0.412 e. The summed E-state index contributed by atoms with van der Waals surface area (Å²) < 4.78 is 6.64. The smallest absolute Gasteiger partial charge is 0.410 e. The lowest BCUT2D eigenvalue weighted by molar-refractivity contribution is -0.117. The van der Waals surface area contributed by atoms with Gasteiger partial charge in [-0.3, -0.25) is 4.79 Å². The lowest BCUT2D eigenvalue weighted by Gasteiger charge is -2.17. The van der Waals surface area contributed by atoms with Gasteiger partial charge in [-0.1, -0.05) is 35.3 Å². The number of amides is 2. The monoisotopic (exact) mass is 635 g/mol. The number of hydrogen-bond acceptors (Lipinski definition) is 10. The molecule has 0 spiro atoms. The number of hydrogen-bond donors (Lipinski definition) is 2. The number of nitrogens with one attached hydrogen (secondary N) is 2. The first kappa shape index (κ1) is 29.8. The maximum absolute atomic E-state index is 13.2. The zero-order valence-electron chi connectivity index (χ0n) is 22.7. The summed E-state index contributed by atoms with van der Waals surface area (Å²) in [6.45, 7) is 1.90. The molecule has 2 N–H and O–H groups in total. The van der Waals surface area contributed by atoms with Crippen molar-refractivity contribution in [2.24, 2.45) is 0 Å². The maximum atomic E-state index is 13.2. The molecule has 5 aromatic rings. The highest BCUT2D eigenvalue weighted by Gasteiger charge is 2.21. The fraction of sp³-hybridized carbons (Fsp3) is 0.143. The van der Waals surface area contributed by atoms with E-state index in [2.05, 4.69) is 41.3 Å². The van der Waals surface area contributed by atoms with E-state index in [-0.39, 0.29) is 11.1 Å². The quantitative estimate of drug-likeness (QED) is 0.213. The number of tetrazole rings is 1. The van der Waals surface area contributed by atoms with Crippen LogP contribution in [0.15, 0.2) is 66.3 Å². The number of halogens is 2. The minimum atomic E-state index is -0.583. The Hall–Kier alpha value is -4.72. The summed E-state index contributed by atoms with van der Waals surface area (Å²) >= 11 is 14.1. The predicted molar refractivity (Wildman–Crippen MR) is 162 cm³/mol. The van der Waals surface area contributed by atoms with E-state index in [9.17, 15) is 9.59 Å². The summed E-state index contributed by atoms with van der Waals surface area (Å²) in [5, 5.41) is 28.6. The molecule has 0 aliphatic heterocycles.